The second kappa shape index (κ2) is 4.53. The Morgan fingerprint density at radius 3 is 2.36 bits per heavy atom. The molecule has 0 saturated carbocycles. The van der Waals surface area contributed by atoms with Crippen LogP contribution in [0, 0.1) is 11.3 Å². The van der Waals surface area contributed by atoms with Crippen molar-refractivity contribution in [2.45, 2.75) is 47.0 Å². The van der Waals surface area contributed by atoms with E-state index >= 15 is 0 Å². The Balaban J connectivity index is 3.80. The number of carbonyl (C=O) groups excluding carboxylic acids is 1. The van der Waals surface area contributed by atoms with Gasteiger partial charge in [-0.1, -0.05) is 40.5 Å². The predicted octanol–water partition coefficient (Wildman–Crippen LogP) is 3.04. The number of unbranched alkanes of at least 4 members (excludes halogenated alkanes) is 1. The van der Waals surface area contributed by atoms with E-state index in [0.717, 1.165) is 6.29 Å². The number of hydrogen-bond acceptors (Lipinski definition) is 1. The van der Waals surface area contributed by atoms with Gasteiger partial charge in [0.15, 0.2) is 0 Å². The van der Waals surface area contributed by atoms with E-state index in [1.807, 2.05) is 13.8 Å². The van der Waals surface area contributed by atoms with E-state index in [1.54, 1.807) is 0 Å². The zero-order valence-electron chi connectivity index (χ0n) is 8.18. The van der Waals surface area contributed by atoms with Gasteiger partial charge in [-0.3, -0.25) is 0 Å². The third-order valence-corrected chi connectivity index (χ3v) is 2.56. The van der Waals surface area contributed by atoms with Crippen molar-refractivity contribution in [2.75, 3.05) is 0 Å². The first-order chi connectivity index (χ1) is 5.04. The number of hydrogen-bond donors (Lipinski definition) is 0. The average Bonchev–Trinajstić information content (AvgIpc) is 2.00. The van der Waals surface area contributed by atoms with E-state index in [1.165, 1.54) is 19.3 Å². The molecule has 0 fully saturated rings. The molecule has 0 amide bonds. The smallest absolute Gasteiger partial charge is 0.125 e. The number of aldehydes is 1. The molecule has 0 aliphatic rings. The summed E-state index contributed by atoms with van der Waals surface area (Å²) in [5.74, 6) is 0.514. The Morgan fingerprint density at radius 2 is 2.00 bits per heavy atom. The molecule has 11 heavy (non-hydrogen) atoms. The van der Waals surface area contributed by atoms with Gasteiger partial charge >= 0.3 is 0 Å². The second-order valence-corrected chi connectivity index (χ2v) is 3.98. The molecule has 0 saturated heterocycles. The summed E-state index contributed by atoms with van der Waals surface area (Å²) in [4.78, 5) is 10.6. The topological polar surface area (TPSA) is 17.1 Å². The first-order valence-electron chi connectivity index (χ1n) is 4.51. The van der Waals surface area contributed by atoms with Gasteiger partial charge in [-0.2, -0.15) is 0 Å². The Bertz CT molecular complexity index is 116. The molecule has 0 N–H and O–H groups in total. The quantitative estimate of drug-likeness (QED) is 0.559. The Hall–Kier alpha value is -0.330. The maximum absolute atomic E-state index is 10.6. The molecule has 1 heteroatoms. The summed E-state index contributed by atoms with van der Waals surface area (Å²) in [5.41, 5.74) is -0.130. The summed E-state index contributed by atoms with van der Waals surface area (Å²) in [5, 5.41) is 0. The van der Waals surface area contributed by atoms with Crippen LogP contribution in [0.1, 0.15) is 47.0 Å². The van der Waals surface area contributed by atoms with Crippen LogP contribution in [0.4, 0.5) is 0 Å². The van der Waals surface area contributed by atoms with Crippen molar-refractivity contribution < 1.29 is 4.79 Å². The van der Waals surface area contributed by atoms with E-state index in [0.29, 0.717) is 5.92 Å². The highest BCUT2D eigenvalue weighted by molar-refractivity contribution is 5.58. The third kappa shape index (κ3) is 3.54. The molecule has 0 aromatic heterocycles. The van der Waals surface area contributed by atoms with Crippen LogP contribution in [0.2, 0.25) is 0 Å². The lowest BCUT2D eigenvalue weighted by Crippen LogP contribution is -2.22. The largest absolute Gasteiger partial charge is 0.303 e. The Labute approximate surface area is 70.2 Å². The molecular formula is C10H20O. The number of carbonyl (C=O) groups is 1. The van der Waals surface area contributed by atoms with Crippen LogP contribution < -0.4 is 0 Å². The molecule has 0 aliphatic heterocycles. The molecule has 0 rings (SSSR count). The fourth-order valence-corrected chi connectivity index (χ4v) is 0.998. The second-order valence-electron chi connectivity index (χ2n) is 3.98. The van der Waals surface area contributed by atoms with Crippen molar-refractivity contribution in [3.8, 4) is 0 Å². The minimum absolute atomic E-state index is 0.130. The van der Waals surface area contributed by atoms with Crippen molar-refractivity contribution in [3.63, 3.8) is 0 Å². The minimum atomic E-state index is -0.130. The highest BCUT2D eigenvalue weighted by Crippen LogP contribution is 2.27. The van der Waals surface area contributed by atoms with Crippen LogP contribution in [0.3, 0.4) is 0 Å². The van der Waals surface area contributed by atoms with E-state index in [4.69, 9.17) is 0 Å². The van der Waals surface area contributed by atoms with Gasteiger partial charge < -0.3 is 4.79 Å². The van der Waals surface area contributed by atoms with Gasteiger partial charge in [0.1, 0.15) is 6.29 Å². The normalized spacial score (nSPS) is 14.5. The van der Waals surface area contributed by atoms with Gasteiger partial charge in [-0.15, -0.1) is 0 Å². The van der Waals surface area contributed by atoms with Crippen LogP contribution >= 0.6 is 0 Å². The fraction of sp³-hybridized carbons (Fsp3) is 0.900. The first kappa shape index (κ1) is 10.7. The number of rotatable bonds is 5. The van der Waals surface area contributed by atoms with Crippen molar-refractivity contribution in [1.29, 1.82) is 0 Å². The highest BCUT2D eigenvalue weighted by atomic mass is 16.1. The summed E-state index contributed by atoms with van der Waals surface area (Å²) in [6.45, 7) is 8.37. The molecule has 0 spiro atoms. The summed E-state index contributed by atoms with van der Waals surface area (Å²) in [6, 6.07) is 0. The van der Waals surface area contributed by atoms with Crippen LogP contribution in [-0.2, 0) is 4.79 Å². The van der Waals surface area contributed by atoms with E-state index in [-0.39, 0.29) is 5.41 Å². The van der Waals surface area contributed by atoms with Crippen LogP contribution in [0.5, 0.6) is 0 Å². The molecule has 1 nitrogen and oxygen atoms in total. The van der Waals surface area contributed by atoms with Crippen molar-refractivity contribution in [3.05, 3.63) is 0 Å². The maximum Gasteiger partial charge on any atom is 0.125 e. The third-order valence-electron chi connectivity index (χ3n) is 2.56. The van der Waals surface area contributed by atoms with E-state index in [9.17, 15) is 4.79 Å². The molecular weight excluding hydrogens is 136 g/mol. The zero-order chi connectivity index (χ0) is 8.91. The molecule has 0 aliphatic carbocycles. The predicted molar refractivity (Wildman–Crippen MR) is 48.5 cm³/mol. The fourth-order valence-electron chi connectivity index (χ4n) is 0.998. The lowest BCUT2D eigenvalue weighted by Gasteiger charge is -2.25. The summed E-state index contributed by atoms with van der Waals surface area (Å²) in [6.07, 6.45) is 4.70. The van der Waals surface area contributed by atoms with Gasteiger partial charge in [0, 0.05) is 5.41 Å². The van der Waals surface area contributed by atoms with Gasteiger partial charge in [-0.25, -0.2) is 0 Å². The molecule has 0 aromatic rings. The minimum Gasteiger partial charge on any atom is -0.303 e. The Kier molecular flexibility index (Phi) is 4.39. The molecule has 1 unspecified atom stereocenters. The van der Waals surface area contributed by atoms with Crippen molar-refractivity contribution >= 4 is 6.29 Å². The lowest BCUT2D eigenvalue weighted by molar-refractivity contribution is -0.116. The lowest BCUT2D eigenvalue weighted by atomic mass is 9.79. The van der Waals surface area contributed by atoms with Gasteiger partial charge in [-0.05, 0) is 12.3 Å². The van der Waals surface area contributed by atoms with Crippen molar-refractivity contribution in [2.24, 2.45) is 11.3 Å². The van der Waals surface area contributed by atoms with Gasteiger partial charge in [0.2, 0.25) is 0 Å². The standard InChI is InChI=1S/C10H20O/c1-5-6-7-9(2)10(3,4)8-11/h8-9H,5-7H2,1-4H3. The monoisotopic (exact) mass is 156 g/mol. The van der Waals surface area contributed by atoms with Crippen molar-refractivity contribution in [1.82, 2.24) is 0 Å². The average molecular weight is 156 g/mol. The molecule has 66 valence electrons. The Morgan fingerprint density at radius 1 is 1.45 bits per heavy atom. The summed E-state index contributed by atoms with van der Waals surface area (Å²) in [7, 11) is 0. The molecule has 0 aromatic carbocycles. The highest BCUT2D eigenvalue weighted by Gasteiger charge is 2.23. The SMILES string of the molecule is CCCCC(C)C(C)(C)C=O. The van der Waals surface area contributed by atoms with Crippen LogP contribution in [0.25, 0.3) is 0 Å². The molecule has 0 radical (unpaired) electrons. The van der Waals surface area contributed by atoms with E-state index < -0.39 is 0 Å². The molecule has 1 atom stereocenters. The molecule has 0 heterocycles. The summed E-state index contributed by atoms with van der Waals surface area (Å²) >= 11 is 0. The van der Waals surface area contributed by atoms with Crippen LogP contribution in [-0.4, -0.2) is 6.29 Å². The van der Waals surface area contributed by atoms with Crippen LogP contribution in [0.15, 0.2) is 0 Å². The van der Waals surface area contributed by atoms with E-state index in [2.05, 4.69) is 13.8 Å². The van der Waals surface area contributed by atoms with Gasteiger partial charge in [0.25, 0.3) is 0 Å². The first-order valence-corrected chi connectivity index (χ1v) is 4.51. The summed E-state index contributed by atoms with van der Waals surface area (Å²) < 4.78 is 0. The maximum atomic E-state index is 10.6. The molecule has 0 bridgehead atoms. The van der Waals surface area contributed by atoms with Gasteiger partial charge in [0.05, 0.1) is 0 Å². The zero-order valence-corrected chi connectivity index (χ0v) is 8.18.